The summed E-state index contributed by atoms with van der Waals surface area (Å²) in [5, 5.41) is 0. The lowest BCUT2D eigenvalue weighted by molar-refractivity contribution is -0.130. The Morgan fingerprint density at radius 2 is 1.71 bits per heavy atom. The number of aromatic nitrogens is 2. The molecule has 1 saturated heterocycles. The lowest BCUT2D eigenvalue weighted by Gasteiger charge is -2.34. The van der Waals surface area contributed by atoms with Gasteiger partial charge in [-0.15, -0.1) is 0 Å². The van der Waals surface area contributed by atoms with Crippen molar-refractivity contribution in [2.45, 2.75) is 20.8 Å². The molecule has 0 saturated carbocycles. The van der Waals surface area contributed by atoms with Gasteiger partial charge in [-0.2, -0.15) is 0 Å². The second-order valence-electron chi connectivity index (χ2n) is 6.11. The third kappa shape index (κ3) is 2.91. The Kier molecular flexibility index (Phi) is 4.38. The zero-order valence-electron chi connectivity index (χ0n) is 14.3. The molecule has 2 aromatic rings. The Morgan fingerprint density at radius 3 is 2.29 bits per heavy atom. The van der Waals surface area contributed by atoms with E-state index in [1.165, 1.54) is 0 Å². The first-order valence-electron chi connectivity index (χ1n) is 8.14. The molecule has 3 heterocycles. The summed E-state index contributed by atoms with van der Waals surface area (Å²) in [6.45, 7) is 7.84. The predicted molar refractivity (Wildman–Crippen MR) is 91.2 cm³/mol. The molecule has 0 aliphatic carbocycles. The van der Waals surface area contributed by atoms with Gasteiger partial charge in [0.15, 0.2) is 0 Å². The molecule has 1 aliphatic rings. The summed E-state index contributed by atoms with van der Waals surface area (Å²) in [5.74, 6) is 0.900. The lowest BCUT2D eigenvalue weighted by Crippen LogP contribution is -2.50. The van der Waals surface area contributed by atoms with Gasteiger partial charge < -0.3 is 14.4 Å². The number of carbonyl (C=O) groups is 2. The average Bonchev–Trinajstić information content (AvgIpc) is 2.89. The number of piperazine rings is 1. The highest BCUT2D eigenvalue weighted by atomic mass is 16.2. The number of aryl methyl sites for hydroxylation is 1. The van der Waals surface area contributed by atoms with Crippen LogP contribution in [0.4, 0.5) is 0 Å². The molecular weight excluding hydrogens is 304 g/mol. The van der Waals surface area contributed by atoms with Crippen LogP contribution in [0.3, 0.4) is 0 Å². The van der Waals surface area contributed by atoms with Gasteiger partial charge in [-0.05, 0) is 32.0 Å². The van der Waals surface area contributed by atoms with Gasteiger partial charge in [0.05, 0.1) is 5.56 Å². The van der Waals surface area contributed by atoms with Gasteiger partial charge in [-0.3, -0.25) is 9.59 Å². The van der Waals surface area contributed by atoms with Crippen molar-refractivity contribution in [3.63, 3.8) is 0 Å². The molecule has 2 aromatic heterocycles. The minimum atomic E-state index is 0.0217. The highest BCUT2D eigenvalue weighted by Gasteiger charge is 2.26. The van der Waals surface area contributed by atoms with Crippen molar-refractivity contribution >= 4 is 11.8 Å². The summed E-state index contributed by atoms with van der Waals surface area (Å²) in [4.78, 5) is 32.3. The van der Waals surface area contributed by atoms with Crippen molar-refractivity contribution in [3.8, 4) is 5.82 Å². The number of hydrogen-bond donors (Lipinski definition) is 0. The highest BCUT2D eigenvalue weighted by Crippen LogP contribution is 2.21. The number of rotatable bonds is 2. The molecule has 3 rings (SSSR count). The lowest BCUT2D eigenvalue weighted by atomic mass is 10.2. The van der Waals surface area contributed by atoms with Crippen LogP contribution in [0, 0.1) is 13.8 Å². The Hall–Kier alpha value is -2.63. The van der Waals surface area contributed by atoms with E-state index in [9.17, 15) is 9.59 Å². The monoisotopic (exact) mass is 326 g/mol. The maximum Gasteiger partial charge on any atom is 0.255 e. The van der Waals surface area contributed by atoms with E-state index in [0.717, 1.165) is 17.2 Å². The predicted octanol–water partition coefficient (Wildman–Crippen LogP) is 1.79. The van der Waals surface area contributed by atoms with Crippen LogP contribution < -0.4 is 0 Å². The van der Waals surface area contributed by atoms with Crippen LogP contribution in [0.15, 0.2) is 30.5 Å². The standard InChI is InChI=1S/C18H22N4O2/c1-13-12-16(14(2)22(13)17-6-4-5-7-19-17)18(24)21-10-8-20(9-11-21)15(3)23/h4-7,12H,8-11H2,1-3H3. The molecule has 0 N–H and O–H groups in total. The minimum Gasteiger partial charge on any atom is -0.339 e. The summed E-state index contributed by atoms with van der Waals surface area (Å²) in [7, 11) is 0. The maximum atomic E-state index is 12.9. The van der Waals surface area contributed by atoms with Gasteiger partial charge in [-0.1, -0.05) is 6.07 Å². The first-order chi connectivity index (χ1) is 11.5. The van der Waals surface area contributed by atoms with E-state index >= 15 is 0 Å². The molecule has 6 heteroatoms. The maximum absolute atomic E-state index is 12.9. The molecule has 0 aromatic carbocycles. The summed E-state index contributed by atoms with van der Waals surface area (Å²) in [6.07, 6.45) is 1.75. The van der Waals surface area contributed by atoms with E-state index < -0.39 is 0 Å². The molecule has 0 atom stereocenters. The van der Waals surface area contributed by atoms with Crippen molar-refractivity contribution in [2.75, 3.05) is 26.2 Å². The number of amides is 2. The van der Waals surface area contributed by atoms with Crippen LogP contribution in [-0.2, 0) is 4.79 Å². The third-order valence-corrected chi connectivity index (χ3v) is 4.55. The van der Waals surface area contributed by atoms with Crippen LogP contribution in [-0.4, -0.2) is 57.3 Å². The molecule has 1 aliphatic heterocycles. The van der Waals surface area contributed by atoms with E-state index in [1.807, 2.05) is 47.6 Å². The minimum absolute atomic E-state index is 0.0217. The Morgan fingerprint density at radius 1 is 1.04 bits per heavy atom. The van der Waals surface area contributed by atoms with Crippen molar-refractivity contribution in [2.24, 2.45) is 0 Å². The van der Waals surface area contributed by atoms with Gasteiger partial charge in [0.1, 0.15) is 5.82 Å². The van der Waals surface area contributed by atoms with Crippen molar-refractivity contribution in [3.05, 3.63) is 47.4 Å². The van der Waals surface area contributed by atoms with E-state index in [4.69, 9.17) is 0 Å². The van der Waals surface area contributed by atoms with Gasteiger partial charge in [-0.25, -0.2) is 4.98 Å². The molecular formula is C18H22N4O2. The first-order valence-corrected chi connectivity index (χ1v) is 8.14. The van der Waals surface area contributed by atoms with Crippen LogP contribution in [0.1, 0.15) is 28.7 Å². The summed E-state index contributed by atoms with van der Waals surface area (Å²) >= 11 is 0. The van der Waals surface area contributed by atoms with Crippen LogP contribution in [0.25, 0.3) is 5.82 Å². The zero-order valence-corrected chi connectivity index (χ0v) is 14.3. The fraction of sp³-hybridized carbons (Fsp3) is 0.389. The molecule has 0 bridgehead atoms. The summed E-state index contributed by atoms with van der Waals surface area (Å²) in [5.41, 5.74) is 2.58. The Balaban J connectivity index is 1.83. The van der Waals surface area contributed by atoms with E-state index in [2.05, 4.69) is 4.98 Å². The first kappa shape index (κ1) is 16.2. The molecule has 2 amide bonds. The smallest absolute Gasteiger partial charge is 0.255 e. The number of hydrogen-bond acceptors (Lipinski definition) is 3. The number of carbonyl (C=O) groups excluding carboxylic acids is 2. The topological polar surface area (TPSA) is 58.4 Å². The molecule has 0 spiro atoms. The van der Waals surface area contributed by atoms with Gasteiger partial charge in [0.25, 0.3) is 5.91 Å². The van der Waals surface area contributed by atoms with Crippen molar-refractivity contribution in [1.82, 2.24) is 19.4 Å². The summed E-state index contributed by atoms with van der Waals surface area (Å²) in [6, 6.07) is 7.66. The highest BCUT2D eigenvalue weighted by molar-refractivity contribution is 5.96. The molecule has 24 heavy (non-hydrogen) atoms. The molecule has 0 radical (unpaired) electrons. The Bertz CT molecular complexity index is 759. The largest absolute Gasteiger partial charge is 0.339 e. The van der Waals surface area contributed by atoms with E-state index in [0.29, 0.717) is 31.7 Å². The number of pyridine rings is 1. The molecule has 6 nitrogen and oxygen atoms in total. The summed E-state index contributed by atoms with van der Waals surface area (Å²) < 4.78 is 2.00. The van der Waals surface area contributed by atoms with Crippen LogP contribution >= 0.6 is 0 Å². The van der Waals surface area contributed by atoms with Gasteiger partial charge in [0.2, 0.25) is 5.91 Å². The van der Waals surface area contributed by atoms with Crippen molar-refractivity contribution < 1.29 is 9.59 Å². The van der Waals surface area contributed by atoms with Gasteiger partial charge >= 0.3 is 0 Å². The molecule has 0 unspecified atom stereocenters. The fourth-order valence-corrected chi connectivity index (χ4v) is 3.21. The normalized spacial score (nSPS) is 14.8. The fourth-order valence-electron chi connectivity index (χ4n) is 3.21. The van der Waals surface area contributed by atoms with E-state index in [1.54, 1.807) is 18.0 Å². The quantitative estimate of drug-likeness (QED) is 0.845. The number of nitrogens with zero attached hydrogens (tertiary/aromatic N) is 4. The molecule has 126 valence electrons. The Labute approximate surface area is 141 Å². The van der Waals surface area contributed by atoms with Gasteiger partial charge in [0, 0.05) is 50.7 Å². The average molecular weight is 326 g/mol. The SMILES string of the molecule is CC(=O)N1CCN(C(=O)c2cc(C)n(-c3ccccn3)c2C)CC1. The second kappa shape index (κ2) is 6.47. The van der Waals surface area contributed by atoms with Crippen molar-refractivity contribution in [1.29, 1.82) is 0 Å². The molecule has 1 fully saturated rings. The van der Waals surface area contributed by atoms with E-state index in [-0.39, 0.29) is 11.8 Å². The third-order valence-electron chi connectivity index (χ3n) is 4.55. The van der Waals surface area contributed by atoms with Crippen LogP contribution in [0.2, 0.25) is 0 Å². The zero-order chi connectivity index (χ0) is 17.3. The van der Waals surface area contributed by atoms with Crippen LogP contribution in [0.5, 0.6) is 0 Å². The second-order valence-corrected chi connectivity index (χ2v) is 6.11.